The number of nitrogens with zero attached hydrogens (tertiary/aromatic N) is 5. The fraction of sp³-hybridized carbons (Fsp3) is 0.111. The molecule has 4 rings (SSSR count). The van der Waals surface area contributed by atoms with E-state index in [2.05, 4.69) is 4.98 Å². The monoisotopic (exact) mass is 333 g/mol. The van der Waals surface area contributed by atoms with Crippen LogP contribution in [0.4, 0.5) is 5.69 Å². The van der Waals surface area contributed by atoms with Gasteiger partial charge in [-0.25, -0.2) is 4.98 Å². The first-order chi connectivity index (χ1) is 12.1. The fourth-order valence-corrected chi connectivity index (χ4v) is 2.92. The number of hydrogen-bond acceptors (Lipinski definition) is 4. The van der Waals surface area contributed by atoms with E-state index in [4.69, 9.17) is 5.10 Å². The molecule has 0 saturated carbocycles. The normalized spacial score (nSPS) is 11.1. The van der Waals surface area contributed by atoms with Crippen molar-refractivity contribution in [2.75, 3.05) is 0 Å². The van der Waals surface area contributed by atoms with Gasteiger partial charge in [-0.3, -0.25) is 14.8 Å². The van der Waals surface area contributed by atoms with E-state index in [1.54, 1.807) is 18.3 Å². The predicted molar refractivity (Wildman–Crippen MR) is 94.1 cm³/mol. The molecule has 0 saturated heterocycles. The number of rotatable bonds is 4. The van der Waals surface area contributed by atoms with Gasteiger partial charge in [0, 0.05) is 37.0 Å². The largest absolute Gasteiger partial charge is 0.333 e. The van der Waals surface area contributed by atoms with Crippen LogP contribution < -0.4 is 0 Å². The van der Waals surface area contributed by atoms with Gasteiger partial charge in [-0.1, -0.05) is 30.3 Å². The van der Waals surface area contributed by atoms with Gasteiger partial charge >= 0.3 is 0 Å². The Labute approximate surface area is 143 Å². The third kappa shape index (κ3) is 2.65. The van der Waals surface area contributed by atoms with Gasteiger partial charge in [0.25, 0.3) is 5.69 Å². The Kier molecular flexibility index (Phi) is 3.53. The molecule has 7 nitrogen and oxygen atoms in total. The van der Waals surface area contributed by atoms with Crippen LogP contribution in [0, 0.1) is 10.1 Å². The Morgan fingerprint density at radius 2 is 1.96 bits per heavy atom. The zero-order chi connectivity index (χ0) is 17.4. The van der Waals surface area contributed by atoms with E-state index in [0.29, 0.717) is 18.1 Å². The van der Waals surface area contributed by atoms with Crippen LogP contribution in [0.15, 0.2) is 60.9 Å². The first-order valence-corrected chi connectivity index (χ1v) is 7.80. The number of benzene rings is 2. The zero-order valence-corrected chi connectivity index (χ0v) is 13.5. The lowest BCUT2D eigenvalue weighted by Crippen LogP contribution is -2.02. The lowest BCUT2D eigenvalue weighted by atomic mass is 10.1. The minimum absolute atomic E-state index is 0.0437. The number of fused-ring (bicyclic) bond motifs is 1. The molecular weight excluding hydrogens is 318 g/mol. The second-order valence-electron chi connectivity index (χ2n) is 5.81. The quantitative estimate of drug-likeness (QED) is 0.423. The highest BCUT2D eigenvalue weighted by Gasteiger charge is 2.18. The number of hydrogen-bond donors (Lipinski definition) is 0. The smallest absolute Gasteiger partial charge is 0.270 e. The maximum absolute atomic E-state index is 11.2. The summed E-state index contributed by atoms with van der Waals surface area (Å²) < 4.78 is 3.71. The molecule has 7 heteroatoms. The molecule has 2 aromatic carbocycles. The molecule has 25 heavy (non-hydrogen) atoms. The molecule has 2 heterocycles. The van der Waals surface area contributed by atoms with Gasteiger partial charge in [0.2, 0.25) is 0 Å². The van der Waals surface area contributed by atoms with Crippen molar-refractivity contribution in [2.45, 2.75) is 6.54 Å². The molecule has 0 spiro atoms. The van der Waals surface area contributed by atoms with Gasteiger partial charge in [-0.05, 0) is 11.6 Å². The van der Waals surface area contributed by atoms with Crippen LogP contribution in [0.5, 0.6) is 0 Å². The minimum Gasteiger partial charge on any atom is -0.333 e. The standard InChI is InChI=1S/C18H15N5O2/c1-21-10-9-19-18(21)17-15-11-14(23(24)25)7-8-16(15)22(20-17)12-13-5-3-2-4-6-13/h2-11H,12H2,1H3. The summed E-state index contributed by atoms with van der Waals surface area (Å²) in [4.78, 5) is 15.1. The average molecular weight is 333 g/mol. The van der Waals surface area contributed by atoms with Crippen LogP contribution in [-0.4, -0.2) is 24.3 Å². The van der Waals surface area contributed by atoms with Crippen molar-refractivity contribution in [3.63, 3.8) is 0 Å². The summed E-state index contributed by atoms with van der Waals surface area (Å²) in [6, 6.07) is 14.8. The van der Waals surface area contributed by atoms with Crippen molar-refractivity contribution >= 4 is 16.6 Å². The highest BCUT2D eigenvalue weighted by Crippen LogP contribution is 2.30. The molecule has 0 fully saturated rings. The van der Waals surface area contributed by atoms with Gasteiger partial charge < -0.3 is 4.57 Å². The number of nitro groups is 1. The molecule has 0 atom stereocenters. The molecule has 0 unspecified atom stereocenters. The predicted octanol–water partition coefficient (Wildman–Crippen LogP) is 3.39. The molecule has 0 N–H and O–H groups in total. The molecular formula is C18H15N5O2. The van der Waals surface area contributed by atoms with Crippen molar-refractivity contribution in [3.8, 4) is 11.5 Å². The molecule has 0 aliphatic carbocycles. The Morgan fingerprint density at radius 3 is 2.64 bits per heavy atom. The van der Waals surface area contributed by atoms with E-state index in [1.807, 2.05) is 52.8 Å². The summed E-state index contributed by atoms with van der Waals surface area (Å²) in [6.07, 6.45) is 3.52. The molecule has 0 aliphatic rings. The molecule has 4 aromatic rings. The first kappa shape index (κ1) is 15.1. The third-order valence-electron chi connectivity index (χ3n) is 4.15. The van der Waals surface area contributed by atoms with Gasteiger partial charge in [-0.2, -0.15) is 5.10 Å². The number of non-ortho nitro benzene ring substituents is 1. The van der Waals surface area contributed by atoms with E-state index in [9.17, 15) is 10.1 Å². The van der Waals surface area contributed by atoms with Crippen LogP contribution in [0.2, 0.25) is 0 Å². The highest BCUT2D eigenvalue weighted by molar-refractivity contribution is 5.93. The fourth-order valence-electron chi connectivity index (χ4n) is 2.92. The van der Waals surface area contributed by atoms with Gasteiger partial charge in [-0.15, -0.1) is 0 Å². The number of aryl methyl sites for hydroxylation is 1. The van der Waals surface area contributed by atoms with Crippen molar-refractivity contribution in [1.29, 1.82) is 0 Å². The Bertz CT molecular complexity index is 1070. The van der Waals surface area contributed by atoms with Crippen molar-refractivity contribution in [1.82, 2.24) is 19.3 Å². The van der Waals surface area contributed by atoms with E-state index in [-0.39, 0.29) is 5.69 Å². The summed E-state index contributed by atoms with van der Waals surface area (Å²) in [6.45, 7) is 0.583. The Morgan fingerprint density at radius 1 is 1.16 bits per heavy atom. The molecule has 0 aliphatic heterocycles. The summed E-state index contributed by atoms with van der Waals surface area (Å²) in [5, 5.41) is 16.6. The highest BCUT2D eigenvalue weighted by atomic mass is 16.6. The maximum atomic E-state index is 11.2. The maximum Gasteiger partial charge on any atom is 0.270 e. The molecule has 124 valence electrons. The number of aromatic nitrogens is 4. The first-order valence-electron chi connectivity index (χ1n) is 7.80. The molecule has 0 amide bonds. The second-order valence-corrected chi connectivity index (χ2v) is 5.81. The SMILES string of the molecule is Cn1ccnc1-c1nn(Cc2ccccc2)c2ccc([N+](=O)[O-])cc12. The Hall–Kier alpha value is -3.48. The van der Waals surface area contributed by atoms with Crippen LogP contribution in [0.25, 0.3) is 22.4 Å². The van der Waals surface area contributed by atoms with Crippen molar-refractivity contribution in [2.24, 2.45) is 7.05 Å². The lowest BCUT2D eigenvalue weighted by molar-refractivity contribution is -0.384. The Balaban J connectivity index is 1.92. The van der Waals surface area contributed by atoms with Gasteiger partial charge in [0.05, 0.1) is 17.0 Å². The van der Waals surface area contributed by atoms with E-state index in [0.717, 1.165) is 16.5 Å². The third-order valence-corrected chi connectivity index (χ3v) is 4.15. The van der Waals surface area contributed by atoms with E-state index >= 15 is 0 Å². The van der Waals surface area contributed by atoms with Crippen LogP contribution >= 0.6 is 0 Å². The van der Waals surface area contributed by atoms with E-state index in [1.165, 1.54) is 6.07 Å². The van der Waals surface area contributed by atoms with Crippen LogP contribution in [-0.2, 0) is 13.6 Å². The lowest BCUT2D eigenvalue weighted by Gasteiger charge is -2.03. The molecule has 0 bridgehead atoms. The average Bonchev–Trinajstić information content (AvgIpc) is 3.19. The van der Waals surface area contributed by atoms with Crippen LogP contribution in [0.3, 0.4) is 0 Å². The summed E-state index contributed by atoms with van der Waals surface area (Å²) in [5.74, 6) is 0.678. The molecule has 2 aromatic heterocycles. The minimum atomic E-state index is -0.393. The number of nitro benzene ring substituents is 1. The van der Waals surface area contributed by atoms with Crippen LogP contribution in [0.1, 0.15) is 5.56 Å². The summed E-state index contributed by atoms with van der Waals surface area (Å²) in [5.41, 5.74) is 2.63. The van der Waals surface area contributed by atoms with Gasteiger partial charge in [0.15, 0.2) is 5.82 Å². The van der Waals surface area contributed by atoms with E-state index < -0.39 is 4.92 Å². The van der Waals surface area contributed by atoms with Gasteiger partial charge in [0.1, 0.15) is 5.69 Å². The zero-order valence-electron chi connectivity index (χ0n) is 13.5. The van der Waals surface area contributed by atoms with Crippen molar-refractivity contribution in [3.05, 3.63) is 76.6 Å². The summed E-state index contributed by atoms with van der Waals surface area (Å²) >= 11 is 0. The van der Waals surface area contributed by atoms with Crippen molar-refractivity contribution < 1.29 is 4.92 Å². The second kappa shape index (κ2) is 5.86. The summed E-state index contributed by atoms with van der Waals surface area (Å²) in [7, 11) is 1.88. The topological polar surface area (TPSA) is 78.8 Å². The molecule has 0 radical (unpaired) electrons. The number of imidazole rings is 1.